The molecule has 0 N–H and O–H groups in total. The second kappa shape index (κ2) is 15.3. The summed E-state index contributed by atoms with van der Waals surface area (Å²) in [5, 5.41) is 0. The predicted octanol–water partition coefficient (Wildman–Crippen LogP) is 6.36. The van der Waals surface area contributed by atoms with E-state index in [4.69, 9.17) is 30.1 Å². The lowest BCUT2D eigenvalue weighted by molar-refractivity contribution is -0.261. The molecule has 1 aliphatic rings. The normalized spacial score (nSPS) is 22.2. The molecule has 1 saturated heterocycles. The van der Waals surface area contributed by atoms with E-state index in [0.717, 1.165) is 22.3 Å². The lowest BCUT2D eigenvalue weighted by Crippen LogP contribution is -2.60. The standard InChI is InChI=1S/C36H36O5/c1-2-32-34(38-24-29-17-9-4-10-18-29)36(40-26-31-21-13-6-14-22-31)35(39-25-30-19-11-5-12-20-30)33(41-32)27-37-23-28-15-7-3-8-16-28/h1,3-22,32-36H,23-27H2/t32-,33+,34-,35-,36+/m0/s1. The van der Waals surface area contributed by atoms with Crippen LogP contribution in [0.15, 0.2) is 121 Å². The van der Waals surface area contributed by atoms with Gasteiger partial charge in [0.15, 0.2) is 0 Å². The second-order valence-electron chi connectivity index (χ2n) is 10.0. The zero-order valence-corrected chi connectivity index (χ0v) is 23.1. The molecule has 4 aromatic carbocycles. The number of hydrogen-bond donors (Lipinski definition) is 0. The quantitative estimate of drug-likeness (QED) is 0.182. The molecule has 0 aromatic heterocycles. The van der Waals surface area contributed by atoms with Crippen molar-refractivity contribution in [1.82, 2.24) is 0 Å². The smallest absolute Gasteiger partial charge is 0.147 e. The van der Waals surface area contributed by atoms with Crippen LogP contribution in [-0.2, 0) is 50.1 Å². The van der Waals surface area contributed by atoms with Crippen LogP contribution in [0.2, 0.25) is 0 Å². The topological polar surface area (TPSA) is 46.2 Å². The summed E-state index contributed by atoms with van der Waals surface area (Å²) in [6.07, 6.45) is 3.41. The van der Waals surface area contributed by atoms with Crippen LogP contribution in [0.1, 0.15) is 22.3 Å². The maximum absolute atomic E-state index is 6.62. The third kappa shape index (κ3) is 8.37. The molecule has 0 bridgehead atoms. The van der Waals surface area contributed by atoms with Crippen LogP contribution in [0.25, 0.3) is 0 Å². The lowest BCUT2D eigenvalue weighted by atomic mass is 9.94. The number of terminal acetylenes is 1. The molecule has 0 unspecified atom stereocenters. The van der Waals surface area contributed by atoms with Crippen molar-refractivity contribution >= 4 is 0 Å². The summed E-state index contributed by atoms with van der Waals surface area (Å²) in [6.45, 7) is 1.90. The van der Waals surface area contributed by atoms with Gasteiger partial charge in [-0.2, -0.15) is 0 Å². The largest absolute Gasteiger partial charge is 0.374 e. The Bertz CT molecular complexity index is 1320. The van der Waals surface area contributed by atoms with Crippen molar-refractivity contribution in [2.45, 2.75) is 56.9 Å². The Morgan fingerprint density at radius 2 is 0.902 bits per heavy atom. The van der Waals surface area contributed by atoms with Crippen molar-refractivity contribution in [2.75, 3.05) is 6.61 Å². The van der Waals surface area contributed by atoms with Crippen molar-refractivity contribution in [3.63, 3.8) is 0 Å². The van der Waals surface area contributed by atoms with Gasteiger partial charge in [-0.1, -0.05) is 127 Å². The fourth-order valence-corrected chi connectivity index (χ4v) is 4.92. The van der Waals surface area contributed by atoms with E-state index in [9.17, 15) is 0 Å². The van der Waals surface area contributed by atoms with E-state index in [1.807, 2.05) is 121 Å². The van der Waals surface area contributed by atoms with Crippen molar-refractivity contribution in [2.24, 2.45) is 0 Å². The van der Waals surface area contributed by atoms with Gasteiger partial charge in [-0.05, 0) is 22.3 Å². The maximum atomic E-state index is 6.62. The molecular formula is C36H36O5. The molecule has 5 heteroatoms. The fourth-order valence-electron chi connectivity index (χ4n) is 4.92. The molecule has 1 fully saturated rings. The minimum absolute atomic E-state index is 0.295. The molecule has 0 aliphatic carbocycles. The third-order valence-corrected chi connectivity index (χ3v) is 7.05. The highest BCUT2D eigenvalue weighted by atomic mass is 16.6. The number of ether oxygens (including phenoxy) is 5. The van der Waals surface area contributed by atoms with Gasteiger partial charge in [0, 0.05) is 0 Å². The predicted molar refractivity (Wildman–Crippen MR) is 159 cm³/mol. The molecule has 210 valence electrons. The summed E-state index contributed by atoms with van der Waals surface area (Å²) in [4.78, 5) is 0. The average molecular weight is 549 g/mol. The fraction of sp³-hybridized carbons (Fsp3) is 0.278. The highest BCUT2D eigenvalue weighted by molar-refractivity contribution is 5.17. The first kappa shape index (κ1) is 28.8. The summed E-state index contributed by atoms with van der Waals surface area (Å²) < 4.78 is 32.3. The van der Waals surface area contributed by atoms with Crippen LogP contribution >= 0.6 is 0 Å². The minimum Gasteiger partial charge on any atom is -0.374 e. The molecule has 0 spiro atoms. The highest BCUT2D eigenvalue weighted by Crippen LogP contribution is 2.31. The highest BCUT2D eigenvalue weighted by Gasteiger charge is 2.48. The van der Waals surface area contributed by atoms with E-state index in [1.54, 1.807) is 0 Å². The van der Waals surface area contributed by atoms with E-state index < -0.39 is 30.5 Å². The molecule has 1 aliphatic heterocycles. The molecule has 0 radical (unpaired) electrons. The summed E-state index contributed by atoms with van der Waals surface area (Å²) in [5.41, 5.74) is 4.23. The molecule has 5 rings (SSSR count). The van der Waals surface area contributed by atoms with Gasteiger partial charge < -0.3 is 23.7 Å². The van der Waals surface area contributed by atoms with Crippen molar-refractivity contribution in [3.8, 4) is 12.3 Å². The summed E-state index contributed by atoms with van der Waals surface area (Å²) >= 11 is 0. The van der Waals surface area contributed by atoms with Gasteiger partial charge in [0.25, 0.3) is 0 Å². The zero-order valence-electron chi connectivity index (χ0n) is 23.1. The Morgan fingerprint density at radius 3 is 1.34 bits per heavy atom. The van der Waals surface area contributed by atoms with E-state index in [0.29, 0.717) is 33.0 Å². The van der Waals surface area contributed by atoms with Gasteiger partial charge in [0.2, 0.25) is 0 Å². The first-order valence-corrected chi connectivity index (χ1v) is 14.0. The Labute approximate surface area is 243 Å². The Morgan fingerprint density at radius 1 is 0.512 bits per heavy atom. The molecule has 0 saturated carbocycles. The molecule has 5 nitrogen and oxygen atoms in total. The molecule has 4 aromatic rings. The van der Waals surface area contributed by atoms with Crippen LogP contribution in [0.5, 0.6) is 0 Å². The van der Waals surface area contributed by atoms with Crippen LogP contribution < -0.4 is 0 Å². The van der Waals surface area contributed by atoms with E-state index >= 15 is 0 Å². The van der Waals surface area contributed by atoms with Gasteiger partial charge in [0.1, 0.15) is 30.5 Å². The molecule has 5 atom stereocenters. The molecule has 41 heavy (non-hydrogen) atoms. The maximum Gasteiger partial charge on any atom is 0.147 e. The van der Waals surface area contributed by atoms with Crippen LogP contribution in [0.4, 0.5) is 0 Å². The van der Waals surface area contributed by atoms with E-state index in [-0.39, 0.29) is 0 Å². The number of hydrogen-bond acceptors (Lipinski definition) is 5. The monoisotopic (exact) mass is 548 g/mol. The summed E-state index contributed by atoms with van der Waals surface area (Å²) in [7, 11) is 0. The molecule has 0 amide bonds. The van der Waals surface area contributed by atoms with Gasteiger partial charge in [0.05, 0.1) is 33.0 Å². The van der Waals surface area contributed by atoms with E-state index in [2.05, 4.69) is 5.92 Å². The first-order chi connectivity index (χ1) is 20.3. The van der Waals surface area contributed by atoms with Gasteiger partial charge in [-0.3, -0.25) is 0 Å². The first-order valence-electron chi connectivity index (χ1n) is 14.0. The van der Waals surface area contributed by atoms with Crippen LogP contribution in [0, 0.1) is 12.3 Å². The third-order valence-electron chi connectivity index (χ3n) is 7.05. The summed E-state index contributed by atoms with van der Waals surface area (Å²) in [5.74, 6) is 2.81. The van der Waals surface area contributed by atoms with Crippen molar-refractivity contribution in [3.05, 3.63) is 144 Å². The van der Waals surface area contributed by atoms with E-state index in [1.165, 1.54) is 0 Å². The Kier molecular flexibility index (Phi) is 10.7. The van der Waals surface area contributed by atoms with Crippen LogP contribution in [0.3, 0.4) is 0 Å². The Balaban J connectivity index is 1.39. The Hall–Kier alpha value is -3.76. The second-order valence-corrected chi connectivity index (χ2v) is 10.0. The number of rotatable bonds is 13. The minimum atomic E-state index is -0.638. The number of benzene rings is 4. The SMILES string of the molecule is C#C[C@@H]1O[C@H](COCc2ccccc2)[C@H](OCc2ccccc2)[C@H](OCc2ccccc2)[C@H]1OCc1ccccc1. The summed E-state index contributed by atoms with van der Waals surface area (Å²) in [6, 6.07) is 40.2. The van der Waals surface area contributed by atoms with Crippen molar-refractivity contribution in [1.29, 1.82) is 0 Å². The van der Waals surface area contributed by atoms with Crippen LogP contribution in [-0.4, -0.2) is 37.1 Å². The zero-order chi connectivity index (χ0) is 28.1. The average Bonchev–Trinajstić information content (AvgIpc) is 3.04. The van der Waals surface area contributed by atoms with Gasteiger partial charge >= 0.3 is 0 Å². The lowest BCUT2D eigenvalue weighted by Gasteiger charge is -2.44. The van der Waals surface area contributed by atoms with Gasteiger partial charge in [-0.15, -0.1) is 6.42 Å². The molecule has 1 heterocycles. The van der Waals surface area contributed by atoms with Gasteiger partial charge in [-0.25, -0.2) is 0 Å². The van der Waals surface area contributed by atoms with Crippen molar-refractivity contribution < 1.29 is 23.7 Å². The molecular weight excluding hydrogens is 512 g/mol.